The summed E-state index contributed by atoms with van der Waals surface area (Å²) in [6, 6.07) is 2.82. The fourth-order valence-corrected chi connectivity index (χ4v) is 1.60. The lowest BCUT2D eigenvalue weighted by atomic mass is 10.2. The average Bonchev–Trinajstić information content (AvgIpc) is 2.74. The maximum absolute atomic E-state index is 11.9. The molecule has 2 rings (SSSR count). The van der Waals surface area contributed by atoms with Gasteiger partial charge in [-0.3, -0.25) is 9.59 Å². The lowest BCUT2D eigenvalue weighted by molar-refractivity contribution is -0.127. The first-order chi connectivity index (χ1) is 7.20. The number of amides is 2. The molecule has 15 heavy (non-hydrogen) atoms. The first-order valence-corrected chi connectivity index (χ1v) is 4.82. The van der Waals surface area contributed by atoms with E-state index in [9.17, 15) is 9.59 Å². The number of hydrogen-bond acceptors (Lipinski definition) is 3. The molecular formula is C10H12N2O3. The van der Waals surface area contributed by atoms with Gasteiger partial charge in [-0.05, 0) is 19.1 Å². The van der Waals surface area contributed by atoms with Crippen molar-refractivity contribution in [2.45, 2.75) is 13.0 Å². The van der Waals surface area contributed by atoms with Gasteiger partial charge in [-0.1, -0.05) is 0 Å². The topological polar surface area (TPSA) is 62.6 Å². The van der Waals surface area contributed by atoms with Crippen LogP contribution in [0.2, 0.25) is 0 Å². The molecule has 0 radical (unpaired) electrons. The minimum atomic E-state index is -0.434. The minimum absolute atomic E-state index is 0.124. The Labute approximate surface area is 87.0 Å². The zero-order valence-corrected chi connectivity index (χ0v) is 8.40. The number of carbonyl (C=O) groups excluding carboxylic acids is 2. The smallest absolute Gasteiger partial charge is 0.290 e. The van der Waals surface area contributed by atoms with Crippen LogP contribution in [0.1, 0.15) is 17.5 Å². The van der Waals surface area contributed by atoms with E-state index in [0.717, 1.165) is 0 Å². The number of carbonyl (C=O) groups is 2. The Morgan fingerprint density at radius 1 is 1.67 bits per heavy atom. The Morgan fingerprint density at radius 2 is 2.47 bits per heavy atom. The second kappa shape index (κ2) is 3.76. The van der Waals surface area contributed by atoms with Gasteiger partial charge >= 0.3 is 0 Å². The Morgan fingerprint density at radius 3 is 3.13 bits per heavy atom. The molecule has 0 spiro atoms. The van der Waals surface area contributed by atoms with Gasteiger partial charge in [0, 0.05) is 13.1 Å². The van der Waals surface area contributed by atoms with E-state index in [2.05, 4.69) is 5.32 Å². The van der Waals surface area contributed by atoms with Crippen LogP contribution in [0, 0.1) is 0 Å². The standard InChI is InChI=1S/C10H12N2O3/c1-7-9(13)11-4-5-12(7)10(14)8-3-2-6-15-8/h2-3,6-7H,4-5H2,1H3,(H,11,13). The van der Waals surface area contributed by atoms with Gasteiger partial charge in [-0.25, -0.2) is 0 Å². The zero-order valence-electron chi connectivity index (χ0n) is 8.40. The zero-order chi connectivity index (χ0) is 10.8. The normalized spacial score (nSPS) is 21.3. The SMILES string of the molecule is CC1C(=O)NCCN1C(=O)c1ccco1. The Kier molecular flexibility index (Phi) is 2.45. The fourth-order valence-electron chi connectivity index (χ4n) is 1.60. The van der Waals surface area contributed by atoms with E-state index >= 15 is 0 Å². The van der Waals surface area contributed by atoms with Crippen LogP contribution in [-0.2, 0) is 4.79 Å². The van der Waals surface area contributed by atoms with Crippen molar-refractivity contribution in [2.75, 3.05) is 13.1 Å². The van der Waals surface area contributed by atoms with Crippen molar-refractivity contribution in [3.05, 3.63) is 24.2 Å². The predicted molar refractivity (Wildman–Crippen MR) is 52.2 cm³/mol. The summed E-state index contributed by atoms with van der Waals surface area (Å²) in [5, 5.41) is 2.70. The summed E-state index contributed by atoms with van der Waals surface area (Å²) in [4.78, 5) is 24.7. The van der Waals surface area contributed by atoms with Gasteiger partial charge in [0.25, 0.3) is 5.91 Å². The van der Waals surface area contributed by atoms with E-state index in [4.69, 9.17) is 4.42 Å². The molecule has 0 aliphatic carbocycles. The van der Waals surface area contributed by atoms with Crippen molar-refractivity contribution >= 4 is 11.8 Å². The van der Waals surface area contributed by atoms with E-state index < -0.39 is 6.04 Å². The highest BCUT2D eigenvalue weighted by molar-refractivity contribution is 5.96. The van der Waals surface area contributed by atoms with Crippen molar-refractivity contribution in [1.29, 1.82) is 0 Å². The van der Waals surface area contributed by atoms with Crippen molar-refractivity contribution in [2.24, 2.45) is 0 Å². The Balaban J connectivity index is 2.16. The van der Waals surface area contributed by atoms with Crippen LogP contribution < -0.4 is 5.32 Å². The van der Waals surface area contributed by atoms with Crippen LogP contribution in [0.4, 0.5) is 0 Å². The molecule has 1 aliphatic heterocycles. The molecular weight excluding hydrogens is 196 g/mol. The summed E-state index contributed by atoms with van der Waals surface area (Å²) in [5.74, 6) is -0.0833. The third-order valence-corrected chi connectivity index (χ3v) is 2.49. The lowest BCUT2D eigenvalue weighted by Gasteiger charge is -2.32. The van der Waals surface area contributed by atoms with Crippen LogP contribution in [0.5, 0.6) is 0 Å². The van der Waals surface area contributed by atoms with Gasteiger partial charge < -0.3 is 14.6 Å². The number of nitrogens with one attached hydrogen (secondary N) is 1. The summed E-state index contributed by atoms with van der Waals surface area (Å²) < 4.78 is 5.01. The molecule has 0 aromatic carbocycles. The maximum atomic E-state index is 11.9. The number of piperazine rings is 1. The van der Waals surface area contributed by atoms with Crippen LogP contribution in [0.3, 0.4) is 0 Å². The van der Waals surface area contributed by atoms with Crippen LogP contribution in [-0.4, -0.2) is 35.8 Å². The molecule has 0 bridgehead atoms. The summed E-state index contributed by atoms with van der Waals surface area (Å²) in [6.45, 7) is 2.72. The van der Waals surface area contributed by atoms with Gasteiger partial charge in [0.2, 0.25) is 5.91 Å². The van der Waals surface area contributed by atoms with Crippen LogP contribution in [0.25, 0.3) is 0 Å². The third-order valence-electron chi connectivity index (χ3n) is 2.49. The van der Waals surface area contributed by atoms with Crippen LogP contribution >= 0.6 is 0 Å². The molecule has 1 N–H and O–H groups in total. The third kappa shape index (κ3) is 1.72. The van der Waals surface area contributed by atoms with E-state index in [0.29, 0.717) is 13.1 Å². The van der Waals surface area contributed by atoms with Gasteiger partial charge in [0.15, 0.2) is 5.76 Å². The van der Waals surface area contributed by atoms with Gasteiger partial charge in [-0.15, -0.1) is 0 Å². The first-order valence-electron chi connectivity index (χ1n) is 4.82. The molecule has 1 aromatic heterocycles. The van der Waals surface area contributed by atoms with E-state index in [1.54, 1.807) is 19.1 Å². The quantitative estimate of drug-likeness (QED) is 0.719. The van der Waals surface area contributed by atoms with Gasteiger partial charge in [0.1, 0.15) is 6.04 Å². The molecule has 1 atom stereocenters. The van der Waals surface area contributed by atoms with Crippen molar-refractivity contribution in [3.8, 4) is 0 Å². The number of furan rings is 1. The molecule has 1 aliphatic rings. The molecule has 1 saturated heterocycles. The Hall–Kier alpha value is -1.78. The molecule has 2 amide bonds. The molecule has 80 valence electrons. The Bertz CT molecular complexity index is 372. The number of hydrogen-bond donors (Lipinski definition) is 1. The van der Waals surface area contributed by atoms with Crippen molar-refractivity contribution in [1.82, 2.24) is 10.2 Å². The average molecular weight is 208 g/mol. The highest BCUT2D eigenvalue weighted by Gasteiger charge is 2.30. The van der Waals surface area contributed by atoms with E-state index in [-0.39, 0.29) is 17.6 Å². The highest BCUT2D eigenvalue weighted by atomic mass is 16.3. The van der Waals surface area contributed by atoms with Crippen molar-refractivity contribution < 1.29 is 14.0 Å². The summed E-state index contributed by atoms with van der Waals surface area (Å²) in [5.41, 5.74) is 0. The minimum Gasteiger partial charge on any atom is -0.459 e. The molecule has 5 heteroatoms. The molecule has 1 aromatic rings. The van der Waals surface area contributed by atoms with Crippen LogP contribution in [0.15, 0.2) is 22.8 Å². The molecule has 0 saturated carbocycles. The predicted octanol–water partition coefficient (Wildman–Crippen LogP) is 0.240. The summed E-state index contributed by atoms with van der Waals surface area (Å²) in [6.07, 6.45) is 1.45. The van der Waals surface area contributed by atoms with Crippen molar-refractivity contribution in [3.63, 3.8) is 0 Å². The van der Waals surface area contributed by atoms with Gasteiger partial charge in [-0.2, -0.15) is 0 Å². The fraction of sp³-hybridized carbons (Fsp3) is 0.400. The van der Waals surface area contributed by atoms with E-state index in [1.165, 1.54) is 11.2 Å². The summed E-state index contributed by atoms with van der Waals surface area (Å²) >= 11 is 0. The van der Waals surface area contributed by atoms with Gasteiger partial charge in [0.05, 0.1) is 6.26 Å². The van der Waals surface area contributed by atoms with E-state index in [1.807, 2.05) is 0 Å². The monoisotopic (exact) mass is 208 g/mol. The largest absolute Gasteiger partial charge is 0.459 e. The second-order valence-corrected chi connectivity index (χ2v) is 3.44. The first kappa shape index (κ1) is 9.76. The molecule has 5 nitrogen and oxygen atoms in total. The molecule has 2 heterocycles. The summed E-state index contributed by atoms with van der Waals surface area (Å²) in [7, 11) is 0. The number of nitrogens with zero attached hydrogens (tertiary/aromatic N) is 1. The molecule has 1 fully saturated rings. The lowest BCUT2D eigenvalue weighted by Crippen LogP contribution is -2.55. The second-order valence-electron chi connectivity index (χ2n) is 3.44. The number of rotatable bonds is 1. The molecule has 1 unspecified atom stereocenters. The highest BCUT2D eigenvalue weighted by Crippen LogP contribution is 2.11. The maximum Gasteiger partial charge on any atom is 0.290 e.